The summed E-state index contributed by atoms with van der Waals surface area (Å²) >= 11 is 0. The van der Waals surface area contributed by atoms with Gasteiger partial charge in [0.05, 0.1) is 23.0 Å². The number of hydrogen-bond acceptors (Lipinski definition) is 5. The molecule has 0 bridgehead atoms. The van der Waals surface area contributed by atoms with E-state index in [1.54, 1.807) is 6.92 Å². The number of aromatic hydroxyl groups is 1. The third-order valence-electron chi connectivity index (χ3n) is 3.07. The van der Waals surface area contributed by atoms with Crippen LogP contribution in [0.1, 0.15) is 41.2 Å². The number of aromatic nitrogens is 2. The Hall–Kier alpha value is -2.37. The van der Waals surface area contributed by atoms with Crippen LogP contribution in [0.5, 0.6) is 5.75 Å². The van der Waals surface area contributed by atoms with Crippen LogP contribution in [0, 0.1) is 13.8 Å². The third-order valence-corrected chi connectivity index (χ3v) is 3.07. The summed E-state index contributed by atoms with van der Waals surface area (Å²) in [6.45, 7) is 7.37. The quantitative estimate of drug-likeness (QED) is 0.895. The fraction of sp³-hybridized carbons (Fsp3) is 0.357. The van der Waals surface area contributed by atoms with Gasteiger partial charge in [-0.1, -0.05) is 5.16 Å². The summed E-state index contributed by atoms with van der Waals surface area (Å²) in [6.07, 6.45) is 2.68. The highest BCUT2D eigenvalue weighted by atomic mass is 16.5. The van der Waals surface area contributed by atoms with Gasteiger partial charge in [-0.2, -0.15) is 0 Å². The Bertz CT molecular complexity index is 627. The average Bonchev–Trinajstić information content (AvgIpc) is 2.69. The molecule has 2 N–H and O–H groups in total. The number of amides is 1. The number of carbonyl (C=O) groups excluding carboxylic acids is 1. The molecule has 0 fully saturated rings. The predicted molar refractivity (Wildman–Crippen MR) is 72.4 cm³/mol. The van der Waals surface area contributed by atoms with E-state index in [1.807, 2.05) is 20.8 Å². The van der Waals surface area contributed by atoms with Crippen LogP contribution in [-0.4, -0.2) is 21.2 Å². The molecule has 106 valence electrons. The summed E-state index contributed by atoms with van der Waals surface area (Å²) in [4.78, 5) is 16.0. The van der Waals surface area contributed by atoms with Crippen LogP contribution < -0.4 is 5.32 Å². The van der Waals surface area contributed by atoms with Crippen molar-refractivity contribution in [3.63, 3.8) is 0 Å². The summed E-state index contributed by atoms with van der Waals surface area (Å²) in [5.74, 6) is 0.299. The SMILES string of the molecule is Cc1noc(C)c1C(C)(C)NC(=O)c1cncc(O)c1. The predicted octanol–water partition coefficient (Wildman–Crippen LogP) is 2.06. The zero-order valence-electron chi connectivity index (χ0n) is 11.9. The molecule has 6 heteroatoms. The molecule has 2 aromatic rings. The first-order valence-corrected chi connectivity index (χ1v) is 6.21. The molecular weight excluding hydrogens is 258 g/mol. The topological polar surface area (TPSA) is 88.3 Å². The van der Waals surface area contributed by atoms with Crippen LogP contribution in [-0.2, 0) is 5.54 Å². The van der Waals surface area contributed by atoms with Gasteiger partial charge in [0.25, 0.3) is 5.91 Å². The summed E-state index contributed by atoms with van der Waals surface area (Å²) in [7, 11) is 0. The molecule has 0 saturated heterocycles. The van der Waals surface area contributed by atoms with Crippen LogP contribution in [0.4, 0.5) is 0 Å². The van der Waals surface area contributed by atoms with E-state index in [0.717, 1.165) is 11.3 Å². The first kappa shape index (κ1) is 14.0. The number of nitrogens with one attached hydrogen (secondary N) is 1. The minimum atomic E-state index is -0.642. The molecule has 0 atom stereocenters. The van der Waals surface area contributed by atoms with E-state index < -0.39 is 5.54 Å². The van der Waals surface area contributed by atoms with Gasteiger partial charge in [-0.3, -0.25) is 9.78 Å². The molecule has 0 spiro atoms. The molecule has 0 aliphatic rings. The molecule has 6 nitrogen and oxygen atoms in total. The van der Waals surface area contributed by atoms with E-state index in [-0.39, 0.29) is 11.7 Å². The minimum absolute atomic E-state index is 0.0483. The Morgan fingerprint density at radius 1 is 1.35 bits per heavy atom. The van der Waals surface area contributed by atoms with Crippen LogP contribution in [0.2, 0.25) is 0 Å². The Balaban J connectivity index is 2.27. The number of aryl methyl sites for hydroxylation is 2. The monoisotopic (exact) mass is 275 g/mol. The van der Waals surface area contributed by atoms with Crippen molar-refractivity contribution in [2.45, 2.75) is 33.2 Å². The molecule has 2 heterocycles. The van der Waals surface area contributed by atoms with Crippen LogP contribution in [0.25, 0.3) is 0 Å². The summed E-state index contributed by atoms with van der Waals surface area (Å²) < 4.78 is 5.13. The first-order chi connectivity index (χ1) is 9.31. The molecule has 0 aliphatic carbocycles. The van der Waals surface area contributed by atoms with Crippen molar-refractivity contribution in [3.8, 4) is 5.75 Å². The summed E-state index contributed by atoms with van der Waals surface area (Å²) in [6, 6.07) is 1.37. The summed E-state index contributed by atoms with van der Waals surface area (Å²) in [5, 5.41) is 16.2. The maximum absolute atomic E-state index is 12.2. The first-order valence-electron chi connectivity index (χ1n) is 6.21. The lowest BCUT2D eigenvalue weighted by atomic mass is 9.92. The van der Waals surface area contributed by atoms with Gasteiger partial charge in [-0.05, 0) is 33.8 Å². The van der Waals surface area contributed by atoms with Crippen molar-refractivity contribution in [1.29, 1.82) is 0 Å². The molecule has 0 unspecified atom stereocenters. The molecule has 0 saturated carbocycles. The lowest BCUT2D eigenvalue weighted by Gasteiger charge is -2.26. The second-order valence-corrected chi connectivity index (χ2v) is 5.21. The van der Waals surface area contributed by atoms with E-state index in [1.165, 1.54) is 18.5 Å². The van der Waals surface area contributed by atoms with Crippen LogP contribution >= 0.6 is 0 Å². The van der Waals surface area contributed by atoms with E-state index in [9.17, 15) is 9.90 Å². The van der Waals surface area contributed by atoms with Gasteiger partial charge in [0.15, 0.2) is 0 Å². The number of hydrogen-bond donors (Lipinski definition) is 2. The zero-order chi connectivity index (χ0) is 14.9. The largest absolute Gasteiger partial charge is 0.506 e. The van der Waals surface area contributed by atoms with Gasteiger partial charge in [0.1, 0.15) is 11.5 Å². The molecule has 0 aromatic carbocycles. The number of carbonyl (C=O) groups is 1. The van der Waals surface area contributed by atoms with E-state index >= 15 is 0 Å². The second-order valence-electron chi connectivity index (χ2n) is 5.21. The van der Waals surface area contributed by atoms with Crippen molar-refractivity contribution in [2.24, 2.45) is 0 Å². The third kappa shape index (κ3) is 2.64. The van der Waals surface area contributed by atoms with Gasteiger partial charge in [-0.25, -0.2) is 0 Å². The maximum Gasteiger partial charge on any atom is 0.253 e. The Morgan fingerprint density at radius 2 is 2.05 bits per heavy atom. The van der Waals surface area contributed by atoms with E-state index in [2.05, 4.69) is 15.5 Å². The number of nitrogens with zero attached hydrogens (tertiary/aromatic N) is 2. The molecule has 0 radical (unpaired) electrons. The van der Waals surface area contributed by atoms with Crippen molar-refractivity contribution in [2.75, 3.05) is 0 Å². The van der Waals surface area contributed by atoms with E-state index in [0.29, 0.717) is 11.3 Å². The Kier molecular flexibility index (Phi) is 3.48. The van der Waals surface area contributed by atoms with Crippen molar-refractivity contribution >= 4 is 5.91 Å². The van der Waals surface area contributed by atoms with Gasteiger partial charge in [0.2, 0.25) is 0 Å². The zero-order valence-corrected chi connectivity index (χ0v) is 11.9. The van der Waals surface area contributed by atoms with Gasteiger partial charge < -0.3 is 14.9 Å². The van der Waals surface area contributed by atoms with Crippen molar-refractivity contribution < 1.29 is 14.4 Å². The van der Waals surface area contributed by atoms with Crippen molar-refractivity contribution in [3.05, 3.63) is 41.0 Å². The number of pyridine rings is 1. The standard InChI is InChI=1S/C14H17N3O3/c1-8-12(9(2)20-17-8)14(3,4)16-13(19)10-5-11(18)7-15-6-10/h5-7,18H,1-4H3,(H,16,19). The number of rotatable bonds is 3. The highest BCUT2D eigenvalue weighted by molar-refractivity contribution is 5.94. The van der Waals surface area contributed by atoms with Crippen LogP contribution in [0.3, 0.4) is 0 Å². The Labute approximate surface area is 116 Å². The molecule has 1 amide bonds. The normalized spacial score (nSPS) is 11.4. The molecule has 2 aromatic heterocycles. The highest BCUT2D eigenvalue weighted by Crippen LogP contribution is 2.27. The minimum Gasteiger partial charge on any atom is -0.506 e. The maximum atomic E-state index is 12.2. The van der Waals surface area contributed by atoms with Gasteiger partial charge in [-0.15, -0.1) is 0 Å². The highest BCUT2D eigenvalue weighted by Gasteiger charge is 2.30. The smallest absolute Gasteiger partial charge is 0.253 e. The fourth-order valence-electron chi connectivity index (χ4n) is 2.35. The second kappa shape index (κ2) is 4.96. The lowest BCUT2D eigenvalue weighted by Crippen LogP contribution is -2.41. The van der Waals surface area contributed by atoms with Gasteiger partial charge >= 0.3 is 0 Å². The van der Waals surface area contributed by atoms with Crippen LogP contribution in [0.15, 0.2) is 23.0 Å². The molecule has 20 heavy (non-hydrogen) atoms. The molecule has 0 aliphatic heterocycles. The van der Waals surface area contributed by atoms with E-state index in [4.69, 9.17) is 4.52 Å². The van der Waals surface area contributed by atoms with Crippen molar-refractivity contribution in [1.82, 2.24) is 15.5 Å². The Morgan fingerprint density at radius 3 is 2.60 bits per heavy atom. The lowest BCUT2D eigenvalue weighted by molar-refractivity contribution is 0.0910. The molecular formula is C14H17N3O3. The van der Waals surface area contributed by atoms with Gasteiger partial charge in [0, 0.05) is 11.8 Å². The average molecular weight is 275 g/mol. The molecule has 2 rings (SSSR count). The summed E-state index contributed by atoms with van der Waals surface area (Å²) in [5.41, 5.74) is 1.24. The fourth-order valence-corrected chi connectivity index (χ4v) is 2.35.